The van der Waals surface area contributed by atoms with Crippen molar-refractivity contribution in [3.8, 4) is 0 Å². The molecule has 0 radical (unpaired) electrons. The van der Waals surface area contributed by atoms with E-state index in [9.17, 15) is 9.90 Å². The van der Waals surface area contributed by atoms with E-state index < -0.39 is 0 Å². The third-order valence-corrected chi connectivity index (χ3v) is 4.88. The summed E-state index contributed by atoms with van der Waals surface area (Å²) in [5.74, 6) is 0.261. The minimum absolute atomic E-state index is 0.0628. The molecule has 1 atom stereocenters. The molecular weight excluding hydrogens is 312 g/mol. The maximum absolute atomic E-state index is 11.9. The predicted octanol–water partition coefficient (Wildman–Crippen LogP) is 3.15. The van der Waals surface area contributed by atoms with Gasteiger partial charge in [-0.1, -0.05) is 48.5 Å². The number of carbonyl (C=O) groups is 1. The first-order valence-corrected chi connectivity index (χ1v) is 8.95. The van der Waals surface area contributed by atoms with Crippen molar-refractivity contribution in [1.82, 2.24) is 10.2 Å². The second-order valence-electron chi connectivity index (χ2n) is 6.69. The van der Waals surface area contributed by atoms with Crippen LogP contribution in [0.25, 0.3) is 0 Å². The van der Waals surface area contributed by atoms with Crippen LogP contribution < -0.4 is 5.32 Å². The van der Waals surface area contributed by atoms with Gasteiger partial charge in [-0.2, -0.15) is 0 Å². The third kappa shape index (κ3) is 4.47. The fourth-order valence-corrected chi connectivity index (χ4v) is 3.30. The predicted molar refractivity (Wildman–Crippen MR) is 98.7 cm³/mol. The van der Waals surface area contributed by atoms with Gasteiger partial charge in [-0.15, -0.1) is 0 Å². The maximum Gasteiger partial charge on any atom is 0.222 e. The molecule has 1 amide bonds. The fraction of sp³-hybridized carbons (Fsp3) is 0.381. The molecule has 1 aliphatic heterocycles. The average molecular weight is 338 g/mol. The first-order valence-electron chi connectivity index (χ1n) is 8.95. The molecule has 1 heterocycles. The first-order chi connectivity index (χ1) is 12.2. The van der Waals surface area contributed by atoms with E-state index >= 15 is 0 Å². The Morgan fingerprint density at radius 1 is 1.16 bits per heavy atom. The molecule has 132 valence electrons. The zero-order valence-electron chi connectivity index (χ0n) is 14.7. The van der Waals surface area contributed by atoms with Gasteiger partial charge in [-0.25, -0.2) is 0 Å². The van der Waals surface area contributed by atoms with Crippen LogP contribution in [0.2, 0.25) is 0 Å². The lowest BCUT2D eigenvalue weighted by molar-refractivity contribution is -0.128. The van der Waals surface area contributed by atoms with Gasteiger partial charge < -0.3 is 15.3 Å². The minimum atomic E-state index is 0.0628. The van der Waals surface area contributed by atoms with E-state index in [-0.39, 0.29) is 18.6 Å². The molecular formula is C21H26N2O2. The normalized spacial score (nSPS) is 15.6. The second-order valence-corrected chi connectivity index (χ2v) is 6.69. The summed E-state index contributed by atoms with van der Waals surface area (Å²) in [7, 11) is 0. The molecule has 0 bridgehead atoms. The van der Waals surface area contributed by atoms with Gasteiger partial charge in [-0.3, -0.25) is 4.79 Å². The van der Waals surface area contributed by atoms with Crippen LogP contribution >= 0.6 is 0 Å². The van der Waals surface area contributed by atoms with Crippen molar-refractivity contribution in [1.29, 1.82) is 0 Å². The van der Waals surface area contributed by atoms with Gasteiger partial charge in [0.1, 0.15) is 0 Å². The Morgan fingerprint density at radius 2 is 1.96 bits per heavy atom. The number of carbonyl (C=O) groups excluding carboxylic acids is 1. The number of benzene rings is 2. The number of aliphatic hydroxyl groups is 1. The summed E-state index contributed by atoms with van der Waals surface area (Å²) < 4.78 is 0. The molecule has 1 unspecified atom stereocenters. The molecule has 4 nitrogen and oxygen atoms in total. The van der Waals surface area contributed by atoms with Crippen molar-refractivity contribution in [2.75, 3.05) is 6.54 Å². The van der Waals surface area contributed by atoms with E-state index in [4.69, 9.17) is 0 Å². The molecule has 0 saturated carbocycles. The Hall–Kier alpha value is -2.17. The van der Waals surface area contributed by atoms with E-state index in [1.54, 1.807) is 0 Å². The maximum atomic E-state index is 11.9. The van der Waals surface area contributed by atoms with Crippen LogP contribution in [0.5, 0.6) is 0 Å². The summed E-state index contributed by atoms with van der Waals surface area (Å²) in [5, 5.41) is 12.9. The number of rotatable bonds is 7. The van der Waals surface area contributed by atoms with Crippen molar-refractivity contribution in [2.45, 2.75) is 45.5 Å². The van der Waals surface area contributed by atoms with E-state index in [1.807, 2.05) is 35.2 Å². The Bertz CT molecular complexity index is 729. The summed E-state index contributed by atoms with van der Waals surface area (Å²) in [6.45, 7) is 4.51. The van der Waals surface area contributed by atoms with Gasteiger partial charge in [0.2, 0.25) is 5.91 Å². The number of nitrogens with one attached hydrogen (secondary N) is 1. The van der Waals surface area contributed by atoms with E-state index in [0.29, 0.717) is 13.0 Å². The summed E-state index contributed by atoms with van der Waals surface area (Å²) in [6, 6.07) is 16.5. The van der Waals surface area contributed by atoms with Crippen LogP contribution in [0.15, 0.2) is 48.5 Å². The SMILES string of the molecule is CC(NCc1ccccc1CN1CCCC1=O)c1cccc(CO)c1. The van der Waals surface area contributed by atoms with Crippen molar-refractivity contribution in [2.24, 2.45) is 0 Å². The minimum Gasteiger partial charge on any atom is -0.392 e. The lowest BCUT2D eigenvalue weighted by Gasteiger charge is -2.20. The monoisotopic (exact) mass is 338 g/mol. The van der Waals surface area contributed by atoms with Crippen molar-refractivity contribution in [3.63, 3.8) is 0 Å². The topological polar surface area (TPSA) is 52.6 Å². The number of nitrogens with zero attached hydrogens (tertiary/aromatic N) is 1. The Kier molecular flexibility index (Phi) is 5.84. The average Bonchev–Trinajstić information content (AvgIpc) is 3.05. The Morgan fingerprint density at radius 3 is 2.68 bits per heavy atom. The second kappa shape index (κ2) is 8.28. The van der Waals surface area contributed by atoms with E-state index in [1.165, 1.54) is 16.7 Å². The number of amides is 1. The van der Waals surface area contributed by atoms with Crippen LogP contribution in [0.3, 0.4) is 0 Å². The molecule has 1 fully saturated rings. The van der Waals surface area contributed by atoms with Gasteiger partial charge >= 0.3 is 0 Å². The largest absolute Gasteiger partial charge is 0.392 e. The molecule has 2 N–H and O–H groups in total. The van der Waals surface area contributed by atoms with Crippen molar-refractivity contribution >= 4 is 5.91 Å². The molecule has 0 spiro atoms. The van der Waals surface area contributed by atoms with Crippen LogP contribution in [0.1, 0.15) is 48.1 Å². The van der Waals surface area contributed by atoms with Gasteiger partial charge in [0, 0.05) is 32.1 Å². The highest BCUT2D eigenvalue weighted by atomic mass is 16.3. The summed E-state index contributed by atoms with van der Waals surface area (Å²) in [5.41, 5.74) is 4.53. The molecule has 25 heavy (non-hydrogen) atoms. The first kappa shape index (κ1) is 17.6. The molecule has 1 aliphatic rings. The Balaban J connectivity index is 1.65. The van der Waals surface area contributed by atoms with Crippen LogP contribution in [0, 0.1) is 0 Å². The molecule has 1 saturated heterocycles. The molecule has 2 aromatic carbocycles. The Labute approximate surface area is 149 Å². The smallest absolute Gasteiger partial charge is 0.222 e. The lowest BCUT2D eigenvalue weighted by Crippen LogP contribution is -2.25. The van der Waals surface area contributed by atoms with Crippen LogP contribution in [-0.4, -0.2) is 22.5 Å². The van der Waals surface area contributed by atoms with E-state index in [0.717, 1.165) is 25.1 Å². The van der Waals surface area contributed by atoms with Gasteiger partial charge in [0.25, 0.3) is 0 Å². The highest BCUT2D eigenvalue weighted by Crippen LogP contribution is 2.19. The quantitative estimate of drug-likeness (QED) is 0.815. The standard InChI is InChI=1S/C21H26N2O2/c1-16(18-9-4-6-17(12-18)15-24)22-13-19-7-2-3-8-20(19)14-23-11-5-10-21(23)25/h2-4,6-9,12,16,22,24H,5,10-11,13-15H2,1H3. The fourth-order valence-electron chi connectivity index (χ4n) is 3.30. The lowest BCUT2D eigenvalue weighted by atomic mass is 10.0. The van der Waals surface area contributed by atoms with E-state index in [2.05, 4.69) is 30.4 Å². The summed E-state index contributed by atoms with van der Waals surface area (Å²) in [4.78, 5) is 13.8. The highest BCUT2D eigenvalue weighted by molar-refractivity contribution is 5.78. The molecule has 4 heteroatoms. The van der Waals surface area contributed by atoms with Crippen LogP contribution in [0.4, 0.5) is 0 Å². The van der Waals surface area contributed by atoms with Crippen molar-refractivity contribution < 1.29 is 9.90 Å². The number of likely N-dealkylation sites (tertiary alicyclic amines) is 1. The third-order valence-electron chi connectivity index (χ3n) is 4.88. The van der Waals surface area contributed by atoms with Crippen LogP contribution in [-0.2, 0) is 24.5 Å². The van der Waals surface area contributed by atoms with Gasteiger partial charge in [0.05, 0.1) is 6.61 Å². The zero-order valence-corrected chi connectivity index (χ0v) is 14.7. The van der Waals surface area contributed by atoms with Gasteiger partial charge in [-0.05, 0) is 35.6 Å². The molecule has 2 aromatic rings. The van der Waals surface area contributed by atoms with Gasteiger partial charge in [0.15, 0.2) is 0 Å². The molecule has 0 aromatic heterocycles. The summed E-state index contributed by atoms with van der Waals surface area (Å²) >= 11 is 0. The summed E-state index contributed by atoms with van der Waals surface area (Å²) in [6.07, 6.45) is 1.65. The molecule has 3 rings (SSSR count). The number of aliphatic hydroxyl groups excluding tert-OH is 1. The molecule has 0 aliphatic carbocycles. The zero-order chi connectivity index (χ0) is 17.6. The highest BCUT2D eigenvalue weighted by Gasteiger charge is 2.20. The number of hydrogen-bond acceptors (Lipinski definition) is 3. The van der Waals surface area contributed by atoms with Crippen molar-refractivity contribution in [3.05, 3.63) is 70.8 Å². The number of hydrogen-bond donors (Lipinski definition) is 2.